The Morgan fingerprint density at radius 3 is 2.16 bits per heavy atom. The van der Waals surface area contributed by atoms with Crippen molar-refractivity contribution in [1.29, 1.82) is 0 Å². The monoisotopic (exact) mass is 519 g/mol. The summed E-state index contributed by atoms with van der Waals surface area (Å²) in [5, 5.41) is 0.468. The van der Waals surface area contributed by atoms with Gasteiger partial charge in [0.25, 0.3) is 5.56 Å². The Morgan fingerprint density at radius 1 is 0.973 bits per heavy atom. The van der Waals surface area contributed by atoms with Crippen LogP contribution >= 0.6 is 0 Å². The summed E-state index contributed by atoms with van der Waals surface area (Å²) in [6, 6.07) is 18.7. The van der Waals surface area contributed by atoms with E-state index in [4.69, 9.17) is 9.72 Å². The number of sulfonamides is 1. The number of nitrogens with zero attached hydrogens (tertiary/aromatic N) is 3. The van der Waals surface area contributed by atoms with Gasteiger partial charge in [0.05, 0.1) is 34.6 Å². The van der Waals surface area contributed by atoms with Crippen LogP contribution in [0.5, 0.6) is 5.75 Å². The summed E-state index contributed by atoms with van der Waals surface area (Å²) in [5.41, 5.74) is 2.71. The second-order valence-electron chi connectivity index (χ2n) is 10.3. The lowest BCUT2D eigenvalue weighted by Crippen LogP contribution is -2.35. The zero-order valence-electron chi connectivity index (χ0n) is 22.3. The zero-order chi connectivity index (χ0) is 27.1. The Balaban J connectivity index is 1.86. The molecule has 3 aromatic carbocycles. The molecule has 0 fully saturated rings. The van der Waals surface area contributed by atoms with Gasteiger partial charge >= 0.3 is 0 Å². The first kappa shape index (κ1) is 26.6. The van der Waals surface area contributed by atoms with Crippen molar-refractivity contribution < 1.29 is 13.2 Å². The van der Waals surface area contributed by atoms with Crippen LogP contribution in [0, 0.1) is 6.92 Å². The maximum absolute atomic E-state index is 13.8. The molecule has 0 aliphatic heterocycles. The van der Waals surface area contributed by atoms with Gasteiger partial charge in [0.2, 0.25) is 10.0 Å². The van der Waals surface area contributed by atoms with Crippen molar-refractivity contribution in [2.24, 2.45) is 0 Å². The molecule has 4 rings (SSSR count). The van der Waals surface area contributed by atoms with Crippen molar-refractivity contribution in [3.63, 3.8) is 0 Å². The van der Waals surface area contributed by atoms with Crippen molar-refractivity contribution in [2.75, 3.05) is 14.2 Å². The molecule has 0 aliphatic carbocycles. The fourth-order valence-electron chi connectivity index (χ4n) is 4.24. The minimum absolute atomic E-state index is 0.0940. The Morgan fingerprint density at radius 2 is 1.59 bits per heavy atom. The summed E-state index contributed by atoms with van der Waals surface area (Å²) in [6.07, 6.45) is 0. The third-order valence-electron chi connectivity index (χ3n) is 6.70. The van der Waals surface area contributed by atoms with E-state index in [0.29, 0.717) is 28.2 Å². The molecule has 7 nitrogen and oxygen atoms in total. The lowest BCUT2D eigenvalue weighted by Gasteiger charge is -2.27. The number of ether oxygens (including phenoxy) is 1. The number of methoxy groups -OCH3 is 1. The summed E-state index contributed by atoms with van der Waals surface area (Å²) >= 11 is 0. The van der Waals surface area contributed by atoms with Crippen LogP contribution in [0.3, 0.4) is 0 Å². The number of rotatable bonds is 6. The standard InChI is InChI=1S/C29H33N3O4S/c1-19-8-17-26-25(18-19)28(33)32(22-11-13-23(36-7)14-12-22)27(30-26)20(2)31(6)37(34,35)24-15-9-21(10-16-24)29(3,4)5/h8-18,20H,1-7H3. The van der Waals surface area contributed by atoms with E-state index < -0.39 is 16.1 Å². The van der Waals surface area contributed by atoms with E-state index in [1.54, 1.807) is 62.6 Å². The molecule has 0 bridgehead atoms. The number of hydrogen-bond donors (Lipinski definition) is 0. The molecule has 8 heteroatoms. The molecular weight excluding hydrogens is 486 g/mol. The van der Waals surface area contributed by atoms with Gasteiger partial charge in [-0.05, 0) is 73.4 Å². The van der Waals surface area contributed by atoms with Crippen LogP contribution in [0.15, 0.2) is 76.4 Å². The van der Waals surface area contributed by atoms with E-state index in [0.717, 1.165) is 11.1 Å². The predicted octanol–water partition coefficient (Wildman–Crippen LogP) is 5.38. The maximum Gasteiger partial charge on any atom is 0.266 e. The van der Waals surface area contributed by atoms with E-state index in [1.807, 2.05) is 25.1 Å². The van der Waals surface area contributed by atoms with Gasteiger partial charge in [0.15, 0.2) is 0 Å². The number of aromatic nitrogens is 2. The molecule has 194 valence electrons. The van der Waals surface area contributed by atoms with Crippen LogP contribution in [-0.2, 0) is 15.4 Å². The van der Waals surface area contributed by atoms with Gasteiger partial charge in [-0.3, -0.25) is 9.36 Å². The molecule has 0 saturated heterocycles. The normalized spacial score (nSPS) is 13.2. The van der Waals surface area contributed by atoms with Crippen LogP contribution in [0.25, 0.3) is 16.6 Å². The third kappa shape index (κ3) is 5.04. The summed E-state index contributed by atoms with van der Waals surface area (Å²) in [6.45, 7) is 9.89. The van der Waals surface area contributed by atoms with Crippen molar-refractivity contribution in [3.8, 4) is 11.4 Å². The lowest BCUT2D eigenvalue weighted by molar-refractivity contribution is 0.379. The maximum atomic E-state index is 13.8. The highest BCUT2D eigenvalue weighted by atomic mass is 32.2. The summed E-state index contributed by atoms with van der Waals surface area (Å²) < 4.78 is 35.3. The Bertz CT molecular complexity index is 1600. The van der Waals surface area contributed by atoms with Crippen molar-refractivity contribution in [2.45, 2.75) is 51.0 Å². The zero-order valence-corrected chi connectivity index (χ0v) is 23.1. The number of aryl methyl sites for hydroxylation is 1. The SMILES string of the molecule is COc1ccc(-n2c(C(C)N(C)S(=O)(=O)c3ccc(C(C)(C)C)cc3)nc3ccc(C)cc3c2=O)cc1. The average Bonchev–Trinajstić information content (AvgIpc) is 2.87. The minimum atomic E-state index is -3.87. The molecule has 37 heavy (non-hydrogen) atoms. The van der Waals surface area contributed by atoms with Crippen LogP contribution in [-0.4, -0.2) is 36.4 Å². The molecule has 0 N–H and O–H groups in total. The fourth-order valence-corrected chi connectivity index (χ4v) is 5.56. The van der Waals surface area contributed by atoms with E-state index >= 15 is 0 Å². The molecule has 0 aliphatic rings. The summed E-state index contributed by atoms with van der Waals surface area (Å²) in [5.74, 6) is 0.971. The topological polar surface area (TPSA) is 81.5 Å². The van der Waals surface area contributed by atoms with Crippen molar-refractivity contribution in [1.82, 2.24) is 13.9 Å². The van der Waals surface area contributed by atoms with Gasteiger partial charge in [0.1, 0.15) is 11.6 Å². The van der Waals surface area contributed by atoms with Crippen LogP contribution in [0.2, 0.25) is 0 Å². The molecule has 4 aromatic rings. The van der Waals surface area contributed by atoms with Crippen molar-refractivity contribution >= 4 is 20.9 Å². The highest BCUT2D eigenvalue weighted by molar-refractivity contribution is 7.89. The third-order valence-corrected chi connectivity index (χ3v) is 8.64. The van der Waals surface area contributed by atoms with Gasteiger partial charge in [-0.1, -0.05) is 44.5 Å². The highest BCUT2D eigenvalue weighted by Gasteiger charge is 2.30. The molecule has 1 unspecified atom stereocenters. The van der Waals surface area contributed by atoms with Gasteiger partial charge in [0, 0.05) is 7.05 Å². The highest BCUT2D eigenvalue weighted by Crippen LogP contribution is 2.29. The largest absolute Gasteiger partial charge is 0.497 e. The van der Waals surface area contributed by atoms with E-state index in [2.05, 4.69) is 20.8 Å². The molecule has 1 aromatic heterocycles. The molecule has 0 amide bonds. The summed E-state index contributed by atoms with van der Waals surface area (Å²) in [7, 11) is -0.785. The first-order valence-corrected chi connectivity index (χ1v) is 13.5. The Labute approximate surface area is 218 Å². The predicted molar refractivity (Wildman–Crippen MR) is 147 cm³/mol. The number of fused-ring (bicyclic) bond motifs is 1. The van der Waals surface area contributed by atoms with E-state index in [1.165, 1.54) is 15.9 Å². The molecule has 0 saturated carbocycles. The minimum Gasteiger partial charge on any atom is -0.497 e. The van der Waals surface area contributed by atoms with E-state index in [-0.39, 0.29) is 15.9 Å². The van der Waals surface area contributed by atoms with Crippen LogP contribution < -0.4 is 10.3 Å². The second-order valence-corrected chi connectivity index (χ2v) is 12.3. The smallest absolute Gasteiger partial charge is 0.266 e. The van der Waals surface area contributed by atoms with Gasteiger partial charge < -0.3 is 4.74 Å². The molecule has 1 heterocycles. The molecular formula is C29H33N3O4S. The van der Waals surface area contributed by atoms with Crippen LogP contribution in [0.1, 0.15) is 50.7 Å². The van der Waals surface area contributed by atoms with E-state index in [9.17, 15) is 13.2 Å². The number of hydrogen-bond acceptors (Lipinski definition) is 5. The Kier molecular flexibility index (Phi) is 7.01. The molecule has 0 radical (unpaired) electrons. The quantitative estimate of drug-likeness (QED) is 0.342. The van der Waals surface area contributed by atoms with Crippen molar-refractivity contribution in [3.05, 3.63) is 94.0 Å². The number of benzene rings is 3. The first-order chi connectivity index (χ1) is 17.3. The van der Waals surface area contributed by atoms with Gasteiger partial charge in [-0.25, -0.2) is 13.4 Å². The Hall–Kier alpha value is -3.49. The summed E-state index contributed by atoms with van der Waals surface area (Å²) in [4.78, 5) is 18.7. The van der Waals surface area contributed by atoms with Gasteiger partial charge in [-0.15, -0.1) is 0 Å². The first-order valence-electron chi connectivity index (χ1n) is 12.1. The van der Waals surface area contributed by atoms with Crippen LogP contribution in [0.4, 0.5) is 0 Å². The average molecular weight is 520 g/mol. The lowest BCUT2D eigenvalue weighted by atomic mass is 9.87. The second kappa shape index (κ2) is 9.76. The fraction of sp³-hybridized carbons (Fsp3) is 0.310. The molecule has 0 spiro atoms. The molecule has 1 atom stereocenters. The van der Waals surface area contributed by atoms with Gasteiger partial charge in [-0.2, -0.15) is 4.31 Å².